The summed E-state index contributed by atoms with van der Waals surface area (Å²) in [5.41, 5.74) is 8.77. The van der Waals surface area contributed by atoms with Gasteiger partial charge >= 0.3 is 0 Å². The quantitative estimate of drug-likeness (QED) is 0.874. The predicted molar refractivity (Wildman–Crippen MR) is 69.4 cm³/mol. The number of rotatable bonds is 2. The minimum Gasteiger partial charge on any atom is -0.437 e. The lowest BCUT2D eigenvalue weighted by Gasteiger charge is -2.08. The van der Waals surface area contributed by atoms with Gasteiger partial charge in [0, 0.05) is 6.20 Å². The average molecular weight is 239 g/mol. The predicted octanol–water partition coefficient (Wildman–Crippen LogP) is 2.94. The molecule has 1 aromatic carbocycles. The SMILES string of the molecule is Cc1cc(C)cc(Oc2ncc(C#N)cc2N)c1. The zero-order valence-electron chi connectivity index (χ0n) is 10.3. The van der Waals surface area contributed by atoms with Gasteiger partial charge in [-0.15, -0.1) is 0 Å². The third-order valence-electron chi connectivity index (χ3n) is 2.42. The number of ether oxygens (including phenoxy) is 1. The number of aryl methyl sites for hydroxylation is 2. The van der Waals surface area contributed by atoms with Crippen molar-refractivity contribution in [3.63, 3.8) is 0 Å². The van der Waals surface area contributed by atoms with E-state index in [-0.39, 0.29) is 0 Å². The third-order valence-corrected chi connectivity index (χ3v) is 2.42. The number of nitrogen functional groups attached to an aromatic ring is 1. The monoisotopic (exact) mass is 239 g/mol. The second kappa shape index (κ2) is 4.76. The second-order valence-corrected chi connectivity index (χ2v) is 4.16. The number of aromatic nitrogens is 1. The molecule has 0 amide bonds. The normalized spacial score (nSPS) is 9.83. The van der Waals surface area contributed by atoms with E-state index in [1.807, 2.05) is 32.0 Å². The number of benzene rings is 1. The van der Waals surface area contributed by atoms with E-state index in [4.69, 9.17) is 15.7 Å². The van der Waals surface area contributed by atoms with Crippen molar-refractivity contribution in [1.29, 1.82) is 5.26 Å². The minimum atomic E-state index is 0.319. The highest BCUT2D eigenvalue weighted by molar-refractivity contribution is 5.53. The molecular formula is C14H13N3O. The van der Waals surface area contributed by atoms with Crippen LogP contribution in [0.3, 0.4) is 0 Å². The number of nitrogens with zero attached hydrogens (tertiary/aromatic N) is 2. The van der Waals surface area contributed by atoms with Crippen molar-refractivity contribution >= 4 is 5.69 Å². The number of hydrogen-bond donors (Lipinski definition) is 1. The van der Waals surface area contributed by atoms with Crippen LogP contribution in [0.5, 0.6) is 11.6 Å². The summed E-state index contributed by atoms with van der Waals surface area (Å²) in [5, 5.41) is 8.73. The highest BCUT2D eigenvalue weighted by Gasteiger charge is 2.06. The van der Waals surface area contributed by atoms with Crippen LogP contribution in [0, 0.1) is 25.2 Å². The van der Waals surface area contributed by atoms with E-state index in [2.05, 4.69) is 11.1 Å². The molecule has 0 radical (unpaired) electrons. The molecule has 0 saturated heterocycles. The summed E-state index contributed by atoms with van der Waals surface area (Å²) in [6.45, 7) is 3.99. The molecule has 2 rings (SSSR count). The molecule has 0 atom stereocenters. The van der Waals surface area contributed by atoms with Crippen molar-refractivity contribution in [2.24, 2.45) is 0 Å². The summed E-state index contributed by atoms with van der Waals surface area (Å²) in [7, 11) is 0. The molecule has 1 aromatic heterocycles. The number of nitriles is 1. The van der Waals surface area contributed by atoms with Crippen molar-refractivity contribution in [2.75, 3.05) is 5.73 Å². The molecule has 0 spiro atoms. The van der Waals surface area contributed by atoms with E-state index < -0.39 is 0 Å². The molecule has 18 heavy (non-hydrogen) atoms. The summed E-state index contributed by atoms with van der Waals surface area (Å²) in [4.78, 5) is 4.03. The van der Waals surface area contributed by atoms with Crippen LogP contribution < -0.4 is 10.5 Å². The molecule has 4 heteroatoms. The molecule has 2 N–H and O–H groups in total. The van der Waals surface area contributed by atoms with E-state index in [1.54, 1.807) is 6.07 Å². The number of nitrogens with two attached hydrogens (primary N) is 1. The lowest BCUT2D eigenvalue weighted by molar-refractivity contribution is 0.465. The average Bonchev–Trinajstić information content (AvgIpc) is 2.30. The molecule has 0 aliphatic heterocycles. The zero-order valence-corrected chi connectivity index (χ0v) is 10.3. The molecule has 90 valence electrons. The van der Waals surface area contributed by atoms with Gasteiger partial charge in [0.15, 0.2) is 0 Å². The molecule has 1 heterocycles. The Kier molecular flexibility index (Phi) is 3.16. The molecule has 0 aliphatic rings. The number of anilines is 1. The van der Waals surface area contributed by atoms with Crippen LogP contribution in [-0.4, -0.2) is 4.98 Å². The third kappa shape index (κ3) is 2.58. The van der Waals surface area contributed by atoms with E-state index in [1.165, 1.54) is 6.20 Å². The topological polar surface area (TPSA) is 71.9 Å². The summed E-state index contributed by atoms with van der Waals surface area (Å²) in [6.07, 6.45) is 1.44. The largest absolute Gasteiger partial charge is 0.437 e. The fourth-order valence-corrected chi connectivity index (χ4v) is 1.72. The summed E-state index contributed by atoms with van der Waals surface area (Å²) in [5.74, 6) is 1.01. The van der Waals surface area contributed by atoms with E-state index >= 15 is 0 Å². The maximum absolute atomic E-state index is 8.73. The summed E-state index contributed by atoms with van der Waals surface area (Å²) in [6, 6.07) is 9.40. The number of pyridine rings is 1. The maximum Gasteiger partial charge on any atom is 0.242 e. The summed E-state index contributed by atoms with van der Waals surface area (Å²) < 4.78 is 5.62. The molecule has 0 fully saturated rings. The Morgan fingerprint density at radius 2 is 1.83 bits per heavy atom. The van der Waals surface area contributed by atoms with Crippen LogP contribution in [0.1, 0.15) is 16.7 Å². The fourth-order valence-electron chi connectivity index (χ4n) is 1.72. The maximum atomic E-state index is 8.73. The lowest BCUT2D eigenvalue weighted by atomic mass is 10.1. The van der Waals surface area contributed by atoms with Gasteiger partial charge in [-0.1, -0.05) is 6.07 Å². The van der Waals surface area contributed by atoms with Gasteiger partial charge in [-0.05, 0) is 43.2 Å². The fraction of sp³-hybridized carbons (Fsp3) is 0.143. The molecule has 2 aromatic rings. The highest BCUT2D eigenvalue weighted by atomic mass is 16.5. The van der Waals surface area contributed by atoms with Crippen molar-refractivity contribution in [2.45, 2.75) is 13.8 Å². The van der Waals surface area contributed by atoms with Crippen LogP contribution in [0.15, 0.2) is 30.5 Å². The standard InChI is InChI=1S/C14H13N3O/c1-9-3-10(2)5-12(4-9)18-14-13(16)6-11(7-15)8-17-14/h3-6,8H,16H2,1-2H3. The Hall–Kier alpha value is -2.54. The first-order valence-electron chi connectivity index (χ1n) is 5.50. The first-order chi connectivity index (χ1) is 8.58. The van der Waals surface area contributed by atoms with Crippen LogP contribution in [0.25, 0.3) is 0 Å². The smallest absolute Gasteiger partial charge is 0.242 e. The van der Waals surface area contributed by atoms with Gasteiger partial charge < -0.3 is 10.5 Å². The van der Waals surface area contributed by atoms with Gasteiger partial charge in [-0.2, -0.15) is 5.26 Å². The molecule has 0 bridgehead atoms. The minimum absolute atomic E-state index is 0.319. The van der Waals surface area contributed by atoms with Gasteiger partial charge in [0.05, 0.1) is 11.3 Å². The van der Waals surface area contributed by atoms with Gasteiger partial charge in [0.1, 0.15) is 11.8 Å². The molecule has 4 nitrogen and oxygen atoms in total. The molecule has 0 aliphatic carbocycles. The van der Waals surface area contributed by atoms with Crippen molar-refractivity contribution < 1.29 is 4.74 Å². The van der Waals surface area contributed by atoms with Gasteiger partial charge in [-0.25, -0.2) is 4.98 Å². The molecule has 0 saturated carbocycles. The van der Waals surface area contributed by atoms with Gasteiger partial charge in [0.25, 0.3) is 0 Å². The van der Waals surface area contributed by atoms with E-state index in [0.29, 0.717) is 22.9 Å². The van der Waals surface area contributed by atoms with Crippen LogP contribution >= 0.6 is 0 Å². The van der Waals surface area contributed by atoms with Crippen molar-refractivity contribution in [1.82, 2.24) is 4.98 Å². The Bertz CT molecular complexity index is 609. The first-order valence-corrected chi connectivity index (χ1v) is 5.50. The van der Waals surface area contributed by atoms with Crippen LogP contribution in [0.4, 0.5) is 5.69 Å². The highest BCUT2D eigenvalue weighted by Crippen LogP contribution is 2.26. The lowest BCUT2D eigenvalue weighted by Crippen LogP contribution is -1.96. The van der Waals surface area contributed by atoms with Crippen molar-refractivity contribution in [3.8, 4) is 17.7 Å². The van der Waals surface area contributed by atoms with Gasteiger partial charge in [0.2, 0.25) is 5.88 Å². The first kappa shape index (κ1) is 11.9. The molecular weight excluding hydrogens is 226 g/mol. The zero-order chi connectivity index (χ0) is 13.1. The Morgan fingerprint density at radius 1 is 1.17 bits per heavy atom. The summed E-state index contributed by atoms with van der Waals surface area (Å²) >= 11 is 0. The Balaban J connectivity index is 2.31. The Labute approximate surface area is 106 Å². The van der Waals surface area contributed by atoms with Gasteiger partial charge in [-0.3, -0.25) is 0 Å². The Morgan fingerprint density at radius 3 is 2.39 bits per heavy atom. The molecule has 0 unspecified atom stereocenters. The number of hydrogen-bond acceptors (Lipinski definition) is 4. The van der Waals surface area contributed by atoms with Crippen LogP contribution in [-0.2, 0) is 0 Å². The van der Waals surface area contributed by atoms with E-state index in [9.17, 15) is 0 Å². The van der Waals surface area contributed by atoms with Crippen molar-refractivity contribution in [3.05, 3.63) is 47.2 Å². The second-order valence-electron chi connectivity index (χ2n) is 4.16. The van der Waals surface area contributed by atoms with E-state index in [0.717, 1.165) is 11.1 Å². The van der Waals surface area contributed by atoms with Crippen LogP contribution in [0.2, 0.25) is 0 Å².